The minimum Gasteiger partial charge on any atom is -0.339 e. The van der Waals surface area contributed by atoms with Crippen molar-refractivity contribution in [3.05, 3.63) is 34.9 Å². The van der Waals surface area contributed by atoms with E-state index in [1.54, 1.807) is 12.1 Å². The second kappa shape index (κ2) is 6.86. The van der Waals surface area contributed by atoms with E-state index < -0.39 is 0 Å². The highest BCUT2D eigenvalue weighted by atomic mass is 16.2. The summed E-state index contributed by atoms with van der Waals surface area (Å²) in [7, 11) is 0. The maximum absolute atomic E-state index is 12.8. The monoisotopic (exact) mass is 354 g/mol. The minimum atomic E-state index is -0.271. The average molecular weight is 354 g/mol. The van der Waals surface area contributed by atoms with Crippen LogP contribution >= 0.6 is 0 Å². The lowest BCUT2D eigenvalue weighted by molar-refractivity contribution is -0.137. The molecule has 5 heteroatoms. The molecule has 1 aromatic rings. The second-order valence-corrected chi connectivity index (χ2v) is 7.90. The van der Waals surface area contributed by atoms with E-state index in [4.69, 9.17) is 0 Å². The Bertz CT molecular complexity index is 756. The summed E-state index contributed by atoms with van der Waals surface area (Å²) < 4.78 is 0. The SMILES string of the molecule is Cc1ccc2c(c1)C(=O)N(CCC(=O)N1CCC[C@@H]3CCCC[C@H]31)C2=O. The maximum Gasteiger partial charge on any atom is 0.261 e. The van der Waals surface area contributed by atoms with Gasteiger partial charge in [-0.25, -0.2) is 0 Å². The number of hydrogen-bond donors (Lipinski definition) is 0. The third kappa shape index (κ3) is 2.93. The Morgan fingerprint density at radius 2 is 1.77 bits per heavy atom. The number of carbonyl (C=O) groups excluding carboxylic acids is 3. The molecule has 4 rings (SSSR count). The number of piperidine rings is 1. The van der Waals surface area contributed by atoms with Crippen molar-refractivity contribution < 1.29 is 14.4 Å². The van der Waals surface area contributed by atoms with Crippen molar-refractivity contribution in [2.75, 3.05) is 13.1 Å². The van der Waals surface area contributed by atoms with Crippen LogP contribution in [-0.2, 0) is 4.79 Å². The number of aryl methyl sites for hydroxylation is 1. The minimum absolute atomic E-state index is 0.0920. The quantitative estimate of drug-likeness (QED) is 0.784. The van der Waals surface area contributed by atoms with Crippen molar-refractivity contribution in [1.29, 1.82) is 0 Å². The lowest BCUT2D eigenvalue weighted by Gasteiger charge is -2.44. The van der Waals surface area contributed by atoms with Gasteiger partial charge in [0.25, 0.3) is 11.8 Å². The summed E-state index contributed by atoms with van der Waals surface area (Å²) in [6, 6.07) is 5.68. The summed E-state index contributed by atoms with van der Waals surface area (Å²) in [6.07, 6.45) is 7.33. The Morgan fingerprint density at radius 3 is 2.62 bits per heavy atom. The molecule has 2 atom stereocenters. The van der Waals surface area contributed by atoms with E-state index in [1.165, 1.54) is 30.6 Å². The zero-order chi connectivity index (χ0) is 18.3. The highest BCUT2D eigenvalue weighted by molar-refractivity contribution is 6.21. The van der Waals surface area contributed by atoms with Crippen LogP contribution in [0.1, 0.15) is 71.2 Å². The van der Waals surface area contributed by atoms with E-state index in [9.17, 15) is 14.4 Å². The van der Waals surface area contributed by atoms with E-state index in [2.05, 4.69) is 0 Å². The number of likely N-dealkylation sites (tertiary alicyclic amines) is 1. The molecule has 0 spiro atoms. The van der Waals surface area contributed by atoms with Crippen LogP contribution in [0.25, 0.3) is 0 Å². The molecule has 138 valence electrons. The van der Waals surface area contributed by atoms with Gasteiger partial charge < -0.3 is 4.90 Å². The first kappa shape index (κ1) is 17.3. The molecule has 0 unspecified atom stereocenters. The molecule has 3 amide bonds. The Labute approximate surface area is 154 Å². The topological polar surface area (TPSA) is 57.7 Å². The number of fused-ring (bicyclic) bond motifs is 2. The van der Waals surface area contributed by atoms with Gasteiger partial charge in [-0.2, -0.15) is 0 Å². The first-order valence-electron chi connectivity index (χ1n) is 9.82. The standard InChI is InChI=1S/C21H26N2O3/c1-14-8-9-16-17(13-14)21(26)23(20(16)25)12-10-19(24)22-11-4-6-15-5-2-3-7-18(15)22/h8-9,13,15,18H,2-7,10-12H2,1H3/t15-,18+/m0/s1. The summed E-state index contributed by atoms with van der Waals surface area (Å²) in [5, 5.41) is 0. The lowest BCUT2D eigenvalue weighted by atomic mass is 9.78. The summed E-state index contributed by atoms with van der Waals surface area (Å²) in [6.45, 7) is 2.90. The molecule has 1 aliphatic carbocycles. The van der Waals surface area contributed by atoms with Gasteiger partial charge in [-0.1, -0.05) is 24.5 Å². The van der Waals surface area contributed by atoms with E-state index >= 15 is 0 Å². The van der Waals surface area contributed by atoms with Crippen molar-refractivity contribution in [3.8, 4) is 0 Å². The van der Waals surface area contributed by atoms with Gasteiger partial charge >= 0.3 is 0 Å². The third-order valence-corrected chi connectivity index (χ3v) is 6.24. The summed E-state index contributed by atoms with van der Waals surface area (Å²) in [5.74, 6) is 0.195. The molecule has 26 heavy (non-hydrogen) atoms. The van der Waals surface area contributed by atoms with E-state index in [-0.39, 0.29) is 30.7 Å². The summed E-state index contributed by atoms with van der Waals surface area (Å²) in [5.41, 5.74) is 1.88. The molecule has 1 aromatic carbocycles. The van der Waals surface area contributed by atoms with Gasteiger partial charge in [-0.05, 0) is 50.7 Å². The fraction of sp³-hybridized carbons (Fsp3) is 0.571. The maximum atomic E-state index is 12.8. The largest absolute Gasteiger partial charge is 0.339 e. The molecule has 1 saturated carbocycles. The van der Waals surface area contributed by atoms with Crippen LogP contribution in [0.2, 0.25) is 0 Å². The van der Waals surface area contributed by atoms with Crippen LogP contribution in [0, 0.1) is 12.8 Å². The Balaban J connectivity index is 1.42. The molecule has 0 aromatic heterocycles. The number of carbonyl (C=O) groups is 3. The fourth-order valence-electron chi connectivity index (χ4n) is 4.89. The lowest BCUT2D eigenvalue weighted by Crippen LogP contribution is -2.50. The Hall–Kier alpha value is -2.17. The number of rotatable bonds is 3. The molecule has 5 nitrogen and oxygen atoms in total. The second-order valence-electron chi connectivity index (χ2n) is 7.90. The van der Waals surface area contributed by atoms with Crippen molar-refractivity contribution >= 4 is 17.7 Å². The van der Waals surface area contributed by atoms with Crippen molar-refractivity contribution in [2.24, 2.45) is 5.92 Å². The van der Waals surface area contributed by atoms with Crippen LogP contribution in [0.5, 0.6) is 0 Å². The number of hydrogen-bond acceptors (Lipinski definition) is 3. The van der Waals surface area contributed by atoms with Gasteiger partial charge in [0.05, 0.1) is 11.1 Å². The molecule has 0 radical (unpaired) electrons. The molecule has 0 bridgehead atoms. The van der Waals surface area contributed by atoms with Crippen molar-refractivity contribution in [2.45, 2.75) is 57.9 Å². The predicted molar refractivity (Wildman–Crippen MR) is 97.9 cm³/mol. The highest BCUT2D eigenvalue weighted by Crippen LogP contribution is 2.35. The highest BCUT2D eigenvalue weighted by Gasteiger charge is 2.38. The Kier molecular flexibility index (Phi) is 4.55. The molecule has 1 saturated heterocycles. The molecule has 3 aliphatic rings. The Morgan fingerprint density at radius 1 is 1.04 bits per heavy atom. The predicted octanol–water partition coefficient (Wildman–Crippen LogP) is 3.16. The zero-order valence-electron chi connectivity index (χ0n) is 15.4. The van der Waals surface area contributed by atoms with Crippen LogP contribution in [-0.4, -0.2) is 46.7 Å². The first-order chi connectivity index (χ1) is 12.6. The van der Waals surface area contributed by atoms with Crippen LogP contribution in [0.3, 0.4) is 0 Å². The van der Waals surface area contributed by atoms with Crippen LogP contribution in [0.4, 0.5) is 0 Å². The smallest absolute Gasteiger partial charge is 0.261 e. The molecule has 2 aliphatic heterocycles. The molecule has 2 fully saturated rings. The molecule has 2 heterocycles. The van der Waals surface area contributed by atoms with Crippen LogP contribution < -0.4 is 0 Å². The number of amides is 3. The van der Waals surface area contributed by atoms with Gasteiger partial charge in [0.2, 0.25) is 5.91 Å². The van der Waals surface area contributed by atoms with Crippen molar-refractivity contribution in [3.63, 3.8) is 0 Å². The molecular weight excluding hydrogens is 328 g/mol. The molecular formula is C21H26N2O3. The van der Waals surface area contributed by atoms with Crippen LogP contribution in [0.15, 0.2) is 18.2 Å². The van der Waals surface area contributed by atoms with Gasteiger partial charge in [0.1, 0.15) is 0 Å². The summed E-state index contributed by atoms with van der Waals surface area (Å²) in [4.78, 5) is 41.2. The van der Waals surface area contributed by atoms with E-state index in [0.29, 0.717) is 23.1 Å². The summed E-state index contributed by atoms with van der Waals surface area (Å²) >= 11 is 0. The third-order valence-electron chi connectivity index (χ3n) is 6.24. The van der Waals surface area contributed by atoms with Crippen molar-refractivity contribution in [1.82, 2.24) is 9.80 Å². The average Bonchev–Trinajstić information content (AvgIpc) is 2.89. The first-order valence-corrected chi connectivity index (χ1v) is 9.82. The number of imide groups is 1. The van der Waals surface area contributed by atoms with Gasteiger partial charge in [-0.3, -0.25) is 19.3 Å². The fourth-order valence-corrected chi connectivity index (χ4v) is 4.89. The van der Waals surface area contributed by atoms with Gasteiger partial charge in [-0.15, -0.1) is 0 Å². The van der Waals surface area contributed by atoms with E-state index in [1.807, 2.05) is 17.9 Å². The normalized spacial score (nSPS) is 25.3. The zero-order valence-corrected chi connectivity index (χ0v) is 15.4. The van der Waals surface area contributed by atoms with Gasteiger partial charge in [0.15, 0.2) is 0 Å². The number of benzene rings is 1. The number of nitrogens with zero attached hydrogens (tertiary/aromatic N) is 2. The van der Waals surface area contributed by atoms with Gasteiger partial charge in [0, 0.05) is 25.6 Å². The molecule has 0 N–H and O–H groups in total. The van der Waals surface area contributed by atoms with E-state index in [0.717, 1.165) is 24.9 Å².